The van der Waals surface area contributed by atoms with Crippen LogP contribution in [-0.2, 0) is 17.1 Å². The van der Waals surface area contributed by atoms with E-state index in [-0.39, 0.29) is 53.0 Å². The molecule has 0 atom stereocenters. The SMILES string of the molecule is C1CCOC1.CC(C)(C)Nc1nc(Nc2ccnc(C(F)(F)F)c2)nc(-c2nc(F)ccc2F)n1.CC(C)(C)Nc1nc(Nc2ccnc(C(F)(F)F)c2)nc(-c2nc(F)ccc2F)n1.N. The summed E-state index contributed by atoms with van der Waals surface area (Å²) in [5.74, 6) is -4.67. The normalized spacial score (nSPS) is 12.7. The molecule has 0 saturated carbocycles. The Labute approximate surface area is 370 Å². The van der Waals surface area contributed by atoms with Gasteiger partial charge in [0.1, 0.15) is 22.8 Å². The van der Waals surface area contributed by atoms with Crippen LogP contribution in [0.1, 0.15) is 65.8 Å². The Balaban J connectivity index is 0.000000257. The third-order valence-corrected chi connectivity index (χ3v) is 7.73. The van der Waals surface area contributed by atoms with Crippen molar-refractivity contribution in [3.8, 4) is 23.0 Å². The summed E-state index contributed by atoms with van der Waals surface area (Å²) < 4.78 is 138. The Morgan fingerprint density at radius 1 is 0.485 bits per heavy atom. The number of nitrogens with zero attached hydrogens (tertiary/aromatic N) is 10. The Bertz CT molecular complexity index is 2390. The highest BCUT2D eigenvalue weighted by Crippen LogP contribution is 2.31. The van der Waals surface area contributed by atoms with Gasteiger partial charge in [-0.15, -0.1) is 0 Å². The van der Waals surface area contributed by atoms with Gasteiger partial charge in [0.25, 0.3) is 0 Å². The van der Waals surface area contributed by atoms with Crippen LogP contribution in [0.3, 0.4) is 0 Å². The van der Waals surface area contributed by atoms with Gasteiger partial charge < -0.3 is 32.2 Å². The molecule has 1 aliphatic heterocycles. The summed E-state index contributed by atoms with van der Waals surface area (Å²) in [6.45, 7) is 12.9. The van der Waals surface area contributed by atoms with Crippen molar-refractivity contribution < 1.29 is 48.6 Å². The maximum Gasteiger partial charge on any atom is 0.433 e. The molecule has 0 aliphatic carbocycles. The first-order chi connectivity index (χ1) is 30.3. The van der Waals surface area contributed by atoms with Gasteiger partial charge in [0.2, 0.25) is 35.7 Å². The fourth-order valence-corrected chi connectivity index (χ4v) is 5.10. The average Bonchev–Trinajstić information content (AvgIpc) is 3.79. The molecule has 0 aromatic carbocycles. The van der Waals surface area contributed by atoms with E-state index >= 15 is 0 Å². The van der Waals surface area contributed by atoms with E-state index in [0.717, 1.165) is 62.0 Å². The largest absolute Gasteiger partial charge is 0.433 e. The molecule has 7 heterocycles. The first-order valence-electron chi connectivity index (χ1n) is 19.2. The fraction of sp³-hybridized carbons (Fsp3) is 0.350. The molecule has 1 aliphatic rings. The van der Waals surface area contributed by atoms with Crippen LogP contribution in [0.2, 0.25) is 0 Å². The quantitative estimate of drug-likeness (QED) is 0.0707. The monoisotopic (exact) mass is 939 g/mol. The molecular formula is C40H43F10N15O. The summed E-state index contributed by atoms with van der Waals surface area (Å²) in [6.07, 6.45) is -4.80. The average molecular weight is 940 g/mol. The third-order valence-electron chi connectivity index (χ3n) is 7.73. The highest BCUT2D eigenvalue weighted by Gasteiger charge is 2.33. The number of hydrogen-bond donors (Lipinski definition) is 5. The molecule has 16 nitrogen and oxygen atoms in total. The molecule has 6 aromatic heterocycles. The van der Waals surface area contributed by atoms with E-state index in [4.69, 9.17) is 4.74 Å². The molecule has 0 bridgehead atoms. The van der Waals surface area contributed by atoms with Crippen molar-refractivity contribution in [2.75, 3.05) is 34.5 Å². The lowest BCUT2D eigenvalue weighted by Crippen LogP contribution is -2.28. The van der Waals surface area contributed by atoms with Gasteiger partial charge in [-0.1, -0.05) is 0 Å². The van der Waals surface area contributed by atoms with Crippen LogP contribution in [0.4, 0.5) is 79.1 Å². The van der Waals surface area contributed by atoms with E-state index in [2.05, 4.69) is 71.1 Å². The summed E-state index contributed by atoms with van der Waals surface area (Å²) in [7, 11) is 0. The van der Waals surface area contributed by atoms with Gasteiger partial charge in [0.15, 0.2) is 23.3 Å². The highest BCUT2D eigenvalue weighted by atomic mass is 19.4. The van der Waals surface area contributed by atoms with E-state index < -0.39 is 69.7 Å². The van der Waals surface area contributed by atoms with Crippen LogP contribution in [0, 0.1) is 23.5 Å². The van der Waals surface area contributed by atoms with Crippen LogP contribution in [-0.4, -0.2) is 74.1 Å². The van der Waals surface area contributed by atoms with Crippen molar-refractivity contribution >= 4 is 35.2 Å². The number of halogens is 10. The number of pyridine rings is 4. The zero-order valence-corrected chi connectivity index (χ0v) is 36.0. The van der Waals surface area contributed by atoms with Gasteiger partial charge in [-0.25, -0.2) is 18.7 Å². The third kappa shape index (κ3) is 15.9. The van der Waals surface area contributed by atoms with Crippen LogP contribution >= 0.6 is 0 Å². The van der Waals surface area contributed by atoms with Gasteiger partial charge >= 0.3 is 12.4 Å². The minimum absolute atomic E-state index is 0. The van der Waals surface area contributed by atoms with Crippen molar-refractivity contribution in [2.24, 2.45) is 0 Å². The molecule has 7 N–H and O–H groups in total. The van der Waals surface area contributed by atoms with Gasteiger partial charge in [-0.05, 0) is 103 Å². The summed E-state index contributed by atoms with van der Waals surface area (Å²) in [6, 6.07) is 7.48. The lowest BCUT2D eigenvalue weighted by Gasteiger charge is -2.21. The van der Waals surface area contributed by atoms with E-state index in [1.165, 1.54) is 25.0 Å². The summed E-state index contributed by atoms with van der Waals surface area (Å²) in [4.78, 5) is 37.7. The molecule has 0 amide bonds. The number of hydrogen-bond acceptors (Lipinski definition) is 16. The summed E-state index contributed by atoms with van der Waals surface area (Å²) in [5.41, 5.74) is -4.22. The molecule has 1 fully saturated rings. The Hall–Kier alpha value is -6.96. The number of ether oxygens (including phenoxy) is 1. The van der Waals surface area contributed by atoms with Crippen molar-refractivity contribution in [3.05, 3.63) is 95.8 Å². The molecular weight excluding hydrogens is 897 g/mol. The molecule has 66 heavy (non-hydrogen) atoms. The topological polar surface area (TPSA) is 221 Å². The first kappa shape index (κ1) is 51.7. The van der Waals surface area contributed by atoms with Gasteiger partial charge in [-0.3, -0.25) is 9.97 Å². The second-order valence-corrected chi connectivity index (χ2v) is 15.7. The predicted octanol–water partition coefficient (Wildman–Crippen LogP) is 10.1. The zero-order valence-electron chi connectivity index (χ0n) is 36.0. The summed E-state index contributed by atoms with van der Waals surface area (Å²) >= 11 is 0. The standard InChI is InChI=1S/2C18H16F5N7.C4H8O.H3N/c2*1-17(2,3)30-16-28-14(13-10(19)4-5-12(20)26-13)27-15(29-16)25-9-6-7-24-11(8-9)18(21,22)23;1-2-4-5-3-1;/h2*4-8H,1-3H3,(H2,24,25,27,28,29,30);1-4H2;1H3. The van der Waals surface area contributed by atoms with Crippen molar-refractivity contribution in [3.63, 3.8) is 0 Å². The second-order valence-electron chi connectivity index (χ2n) is 15.7. The summed E-state index contributed by atoms with van der Waals surface area (Å²) in [5, 5.41) is 11.1. The van der Waals surface area contributed by atoms with E-state index in [1.54, 1.807) is 0 Å². The van der Waals surface area contributed by atoms with E-state index in [0.29, 0.717) is 0 Å². The Kier molecular flexibility index (Phi) is 16.7. The van der Waals surface area contributed by atoms with Gasteiger partial charge in [-0.2, -0.15) is 65.0 Å². The number of alkyl halides is 6. The van der Waals surface area contributed by atoms with Crippen LogP contribution in [0.15, 0.2) is 60.9 Å². The molecule has 0 radical (unpaired) electrons. The number of rotatable bonds is 8. The fourth-order valence-electron chi connectivity index (χ4n) is 5.10. The molecule has 7 rings (SSSR count). The van der Waals surface area contributed by atoms with Gasteiger partial charge in [0.05, 0.1) is 0 Å². The number of anilines is 6. The maximum atomic E-state index is 14.2. The molecule has 0 spiro atoms. The Morgan fingerprint density at radius 2 is 0.848 bits per heavy atom. The van der Waals surface area contributed by atoms with Crippen molar-refractivity contribution in [1.82, 2.24) is 56.0 Å². The molecule has 6 aromatic rings. The number of nitrogens with one attached hydrogen (secondary N) is 4. The molecule has 0 unspecified atom stereocenters. The van der Waals surface area contributed by atoms with Crippen LogP contribution in [0.5, 0.6) is 0 Å². The molecule has 1 saturated heterocycles. The lowest BCUT2D eigenvalue weighted by molar-refractivity contribution is -0.141. The lowest BCUT2D eigenvalue weighted by atomic mass is 10.1. The second kappa shape index (κ2) is 21.4. The van der Waals surface area contributed by atoms with E-state index in [1.807, 2.05) is 41.5 Å². The zero-order chi connectivity index (χ0) is 47.7. The highest BCUT2D eigenvalue weighted by molar-refractivity contribution is 5.61. The van der Waals surface area contributed by atoms with Crippen LogP contribution in [0.25, 0.3) is 23.0 Å². The molecule has 354 valence electrons. The van der Waals surface area contributed by atoms with Crippen LogP contribution < -0.4 is 27.4 Å². The first-order valence-corrected chi connectivity index (χ1v) is 19.2. The van der Waals surface area contributed by atoms with Crippen molar-refractivity contribution in [2.45, 2.75) is 77.8 Å². The van der Waals surface area contributed by atoms with Crippen molar-refractivity contribution in [1.29, 1.82) is 0 Å². The maximum absolute atomic E-state index is 14.2. The van der Waals surface area contributed by atoms with Gasteiger partial charge in [0, 0.05) is 48.1 Å². The predicted molar refractivity (Wildman–Crippen MR) is 223 cm³/mol. The minimum atomic E-state index is -4.64. The van der Waals surface area contributed by atoms with E-state index in [9.17, 15) is 43.9 Å². The smallest absolute Gasteiger partial charge is 0.381 e. The number of aromatic nitrogens is 10. The molecule has 26 heteroatoms. The Morgan fingerprint density at radius 3 is 1.17 bits per heavy atom. The minimum Gasteiger partial charge on any atom is -0.381 e.